The number of likely N-dealkylation sites (tertiary alicyclic amines) is 1. The summed E-state index contributed by atoms with van der Waals surface area (Å²) >= 11 is 0. The van der Waals surface area contributed by atoms with Crippen LogP contribution in [0.1, 0.15) is 49.5 Å². The number of furan rings is 1. The van der Waals surface area contributed by atoms with E-state index in [0.717, 1.165) is 36.4 Å². The number of fused-ring (bicyclic) bond motifs is 1. The van der Waals surface area contributed by atoms with Gasteiger partial charge in [-0.1, -0.05) is 24.8 Å². The Balaban J connectivity index is 1.74. The number of amides is 1. The van der Waals surface area contributed by atoms with Crippen LogP contribution in [0.5, 0.6) is 5.75 Å². The minimum atomic E-state index is -0.731. The van der Waals surface area contributed by atoms with Crippen molar-refractivity contribution in [3.05, 3.63) is 72.7 Å². The Morgan fingerprint density at radius 3 is 2.73 bits per heavy atom. The monoisotopic (exact) mass is 506 g/mol. The van der Waals surface area contributed by atoms with E-state index in [2.05, 4.69) is 30.2 Å². The number of carbonyl (C=O) groups excluding carboxylic acids is 2. The zero-order chi connectivity index (χ0) is 26.8. The van der Waals surface area contributed by atoms with Crippen molar-refractivity contribution in [3.63, 3.8) is 0 Å². The second-order valence-corrected chi connectivity index (χ2v) is 10.4. The van der Waals surface area contributed by atoms with Gasteiger partial charge < -0.3 is 18.8 Å². The highest BCUT2D eigenvalue weighted by atomic mass is 16.6. The lowest BCUT2D eigenvalue weighted by molar-refractivity contribution is -0.189. The number of ether oxygens (including phenoxy) is 2. The lowest BCUT2D eigenvalue weighted by Crippen LogP contribution is -2.68. The number of likely N-dealkylation sites (N-methyl/N-ethyl adjacent to an activating group) is 1. The molecule has 1 amide bonds. The summed E-state index contributed by atoms with van der Waals surface area (Å²) in [5, 5.41) is 0. The van der Waals surface area contributed by atoms with Crippen LogP contribution in [0.15, 0.2) is 60.2 Å². The molecule has 1 aliphatic carbocycles. The van der Waals surface area contributed by atoms with Crippen LogP contribution < -0.4 is 4.74 Å². The van der Waals surface area contributed by atoms with Crippen LogP contribution in [0.3, 0.4) is 0 Å². The van der Waals surface area contributed by atoms with Crippen LogP contribution in [0.4, 0.5) is 0 Å². The first-order valence-corrected chi connectivity index (χ1v) is 12.8. The lowest BCUT2D eigenvalue weighted by atomic mass is 9.55. The van der Waals surface area contributed by atoms with Crippen molar-refractivity contribution in [2.75, 3.05) is 33.8 Å². The van der Waals surface area contributed by atoms with Crippen LogP contribution in [-0.4, -0.2) is 67.1 Å². The van der Waals surface area contributed by atoms with Crippen molar-refractivity contribution in [2.45, 2.75) is 56.6 Å². The van der Waals surface area contributed by atoms with Crippen molar-refractivity contribution in [2.24, 2.45) is 0 Å². The van der Waals surface area contributed by atoms with Gasteiger partial charge in [0.05, 0.1) is 13.4 Å². The Kier molecular flexibility index (Phi) is 7.64. The number of nitrogens with zero attached hydrogens (tertiary/aromatic N) is 2. The molecule has 1 saturated carbocycles. The topological polar surface area (TPSA) is 72.2 Å². The molecule has 0 spiro atoms. The molecule has 7 nitrogen and oxygen atoms in total. The molecule has 0 bridgehead atoms. The third-order valence-corrected chi connectivity index (χ3v) is 8.33. The molecule has 2 fully saturated rings. The normalized spacial score (nSPS) is 25.6. The van der Waals surface area contributed by atoms with E-state index in [1.165, 1.54) is 6.92 Å². The molecule has 2 aliphatic rings. The van der Waals surface area contributed by atoms with Crippen molar-refractivity contribution in [1.29, 1.82) is 0 Å². The Bertz CT molecular complexity index is 1190. The minimum absolute atomic E-state index is 0.0581. The highest BCUT2D eigenvalue weighted by molar-refractivity contribution is 6.18. The van der Waals surface area contributed by atoms with Gasteiger partial charge in [-0.25, -0.2) is 0 Å². The number of hydrogen-bond acceptors (Lipinski definition) is 6. The van der Waals surface area contributed by atoms with E-state index < -0.39 is 11.0 Å². The van der Waals surface area contributed by atoms with Gasteiger partial charge in [-0.2, -0.15) is 0 Å². The summed E-state index contributed by atoms with van der Waals surface area (Å²) in [6, 6.07) is 9.79. The predicted molar refractivity (Wildman–Crippen MR) is 143 cm³/mol. The number of carbonyl (C=O) groups is 2. The predicted octanol–water partition coefficient (Wildman–Crippen LogP) is 4.75. The van der Waals surface area contributed by atoms with Gasteiger partial charge >= 0.3 is 5.97 Å². The Morgan fingerprint density at radius 1 is 1.30 bits per heavy atom. The fourth-order valence-electron chi connectivity index (χ4n) is 6.44. The summed E-state index contributed by atoms with van der Waals surface area (Å²) in [5.74, 6) is 1.01. The fourth-order valence-corrected chi connectivity index (χ4v) is 6.44. The van der Waals surface area contributed by atoms with Crippen LogP contribution in [0.25, 0.3) is 5.57 Å². The molecule has 0 radical (unpaired) electrons. The molecule has 7 heteroatoms. The van der Waals surface area contributed by atoms with Crippen molar-refractivity contribution in [3.8, 4) is 5.75 Å². The van der Waals surface area contributed by atoms with E-state index in [0.29, 0.717) is 37.1 Å². The molecule has 4 rings (SSSR count). The van der Waals surface area contributed by atoms with Gasteiger partial charge in [-0.15, -0.1) is 6.58 Å². The Labute approximate surface area is 219 Å². The standard InChI is InChI=1S/C30H38N2O5/c1-7-15-32-16-14-29(24-9-8-10-26(18-24)35-6)19-25(11-13-30(29,20-32)37-23(4)33)31(5)28(34)21(2)27-12-17-36-22(27)3/h7-10,12,17-18,25H,1-2,11,13-16,19-20H2,3-6H3. The Morgan fingerprint density at radius 2 is 2.08 bits per heavy atom. The number of methoxy groups -OCH3 is 1. The number of aryl methyl sites for hydroxylation is 1. The average Bonchev–Trinajstić information content (AvgIpc) is 3.32. The van der Waals surface area contributed by atoms with E-state index in [4.69, 9.17) is 13.9 Å². The quantitative estimate of drug-likeness (QED) is 0.292. The van der Waals surface area contributed by atoms with E-state index in [1.807, 2.05) is 37.1 Å². The molecule has 1 aromatic heterocycles. The van der Waals surface area contributed by atoms with Gasteiger partial charge in [0.25, 0.3) is 5.91 Å². The first-order chi connectivity index (χ1) is 17.7. The molecule has 37 heavy (non-hydrogen) atoms. The third-order valence-electron chi connectivity index (χ3n) is 8.33. The maximum Gasteiger partial charge on any atom is 0.303 e. The highest BCUT2D eigenvalue weighted by Gasteiger charge is 2.61. The van der Waals surface area contributed by atoms with Gasteiger partial charge in [0.1, 0.15) is 17.1 Å². The van der Waals surface area contributed by atoms with Crippen molar-refractivity contribution in [1.82, 2.24) is 9.80 Å². The summed E-state index contributed by atoms with van der Waals surface area (Å²) in [5.41, 5.74) is 0.991. The van der Waals surface area contributed by atoms with E-state index in [-0.39, 0.29) is 17.9 Å². The van der Waals surface area contributed by atoms with E-state index >= 15 is 0 Å². The second-order valence-electron chi connectivity index (χ2n) is 10.4. The van der Waals surface area contributed by atoms with Gasteiger partial charge in [0.15, 0.2) is 0 Å². The Hall–Kier alpha value is -3.32. The lowest BCUT2D eigenvalue weighted by Gasteiger charge is -2.60. The molecule has 3 atom stereocenters. The van der Waals surface area contributed by atoms with E-state index in [1.54, 1.807) is 19.4 Å². The smallest absolute Gasteiger partial charge is 0.303 e. The van der Waals surface area contributed by atoms with Crippen LogP contribution in [0.2, 0.25) is 0 Å². The summed E-state index contributed by atoms with van der Waals surface area (Å²) < 4.78 is 17.3. The van der Waals surface area contributed by atoms with Crippen molar-refractivity contribution < 1.29 is 23.5 Å². The van der Waals surface area contributed by atoms with Gasteiger partial charge in [0.2, 0.25) is 0 Å². The molecular formula is C30H38N2O5. The minimum Gasteiger partial charge on any atom is -0.497 e. The molecular weight excluding hydrogens is 468 g/mol. The second kappa shape index (κ2) is 10.6. The molecule has 3 unspecified atom stereocenters. The number of piperidine rings is 1. The zero-order valence-electron chi connectivity index (χ0n) is 22.4. The summed E-state index contributed by atoms with van der Waals surface area (Å²) in [7, 11) is 3.50. The average molecular weight is 507 g/mol. The van der Waals surface area contributed by atoms with Gasteiger partial charge in [0, 0.05) is 49.7 Å². The van der Waals surface area contributed by atoms with Crippen LogP contribution in [0, 0.1) is 6.92 Å². The zero-order valence-corrected chi connectivity index (χ0v) is 22.4. The molecule has 2 aromatic rings. The van der Waals surface area contributed by atoms with Gasteiger partial charge in [-0.05, 0) is 62.9 Å². The molecule has 0 N–H and O–H groups in total. The van der Waals surface area contributed by atoms with Gasteiger partial charge in [-0.3, -0.25) is 14.5 Å². The molecule has 1 aliphatic heterocycles. The maximum absolute atomic E-state index is 13.5. The fraction of sp³-hybridized carbons (Fsp3) is 0.467. The summed E-state index contributed by atoms with van der Waals surface area (Å²) in [4.78, 5) is 30.2. The highest BCUT2D eigenvalue weighted by Crippen LogP contribution is 2.55. The number of rotatable bonds is 8. The SMILES string of the molecule is C=CCN1CCC2(c3cccc(OC)c3)CC(N(C)C(=O)C(=C)c3ccoc3C)CCC2(OC(C)=O)C1. The maximum atomic E-state index is 13.5. The summed E-state index contributed by atoms with van der Waals surface area (Å²) in [6.45, 7) is 13.5. The third kappa shape index (κ3) is 4.85. The molecule has 1 saturated heterocycles. The largest absolute Gasteiger partial charge is 0.497 e. The number of esters is 1. The first kappa shape index (κ1) is 26.7. The molecule has 1 aromatic carbocycles. The van der Waals surface area contributed by atoms with Crippen LogP contribution >= 0.6 is 0 Å². The molecule has 2 heterocycles. The summed E-state index contributed by atoms with van der Waals surface area (Å²) in [6.07, 6.45) is 6.25. The van der Waals surface area contributed by atoms with Crippen LogP contribution in [-0.2, 0) is 19.7 Å². The number of hydrogen-bond donors (Lipinski definition) is 0. The van der Waals surface area contributed by atoms with Crippen molar-refractivity contribution >= 4 is 17.4 Å². The van der Waals surface area contributed by atoms with E-state index in [9.17, 15) is 9.59 Å². The number of benzene rings is 1. The first-order valence-electron chi connectivity index (χ1n) is 12.8. The molecule has 198 valence electrons.